The summed E-state index contributed by atoms with van der Waals surface area (Å²) in [6.07, 6.45) is 0.993. The molecule has 3 rings (SSSR count). The number of carbonyl (C=O) groups excluding carboxylic acids is 1. The van der Waals surface area contributed by atoms with Gasteiger partial charge in [-0.05, 0) is 43.9 Å². The summed E-state index contributed by atoms with van der Waals surface area (Å²) in [5.41, 5.74) is 2.95. The number of imidazole rings is 1. The highest BCUT2D eigenvalue weighted by molar-refractivity contribution is 5.77. The molecule has 0 saturated heterocycles. The first kappa shape index (κ1) is 18.9. The molecule has 1 heterocycles. The van der Waals surface area contributed by atoms with E-state index in [1.165, 1.54) is 0 Å². The minimum Gasteiger partial charge on any atom is -0.492 e. The molecule has 0 fully saturated rings. The predicted molar refractivity (Wildman–Crippen MR) is 107 cm³/mol. The number of benzene rings is 2. The first-order valence-corrected chi connectivity index (χ1v) is 9.17. The Kier molecular flexibility index (Phi) is 6.44. The summed E-state index contributed by atoms with van der Waals surface area (Å²) >= 11 is 0. The molecule has 3 aromatic rings. The van der Waals surface area contributed by atoms with Crippen LogP contribution in [0.3, 0.4) is 0 Å². The van der Waals surface area contributed by atoms with Gasteiger partial charge in [0.1, 0.15) is 18.2 Å². The first-order valence-electron chi connectivity index (χ1n) is 9.17. The van der Waals surface area contributed by atoms with E-state index in [1.54, 1.807) is 0 Å². The molecule has 2 aromatic carbocycles. The van der Waals surface area contributed by atoms with Gasteiger partial charge in [0.25, 0.3) is 0 Å². The highest BCUT2D eigenvalue weighted by Crippen LogP contribution is 2.14. The van der Waals surface area contributed by atoms with E-state index in [0.717, 1.165) is 34.7 Å². The van der Waals surface area contributed by atoms with E-state index in [1.807, 2.05) is 62.6 Å². The molecular weight excluding hydrogens is 340 g/mol. The molecule has 0 saturated carbocycles. The van der Waals surface area contributed by atoms with Crippen molar-refractivity contribution >= 4 is 16.9 Å². The molecule has 0 aliphatic rings. The average molecular weight is 366 g/mol. The van der Waals surface area contributed by atoms with Crippen LogP contribution in [0.5, 0.6) is 5.75 Å². The number of likely N-dealkylation sites (N-methyl/N-ethyl adjacent to an activating group) is 1. The molecule has 6 heteroatoms. The molecule has 1 amide bonds. The maximum atomic E-state index is 12.1. The fourth-order valence-corrected chi connectivity index (χ4v) is 2.74. The second-order valence-electron chi connectivity index (χ2n) is 6.78. The molecule has 0 spiro atoms. The van der Waals surface area contributed by atoms with Crippen molar-refractivity contribution in [1.29, 1.82) is 0 Å². The van der Waals surface area contributed by atoms with Crippen molar-refractivity contribution in [2.75, 3.05) is 27.2 Å². The fraction of sp³-hybridized carbons (Fsp3) is 0.333. The van der Waals surface area contributed by atoms with Gasteiger partial charge in [-0.1, -0.05) is 24.3 Å². The first-order chi connectivity index (χ1) is 13.1. The van der Waals surface area contributed by atoms with Crippen LogP contribution in [0.25, 0.3) is 11.0 Å². The van der Waals surface area contributed by atoms with Crippen molar-refractivity contribution < 1.29 is 9.53 Å². The van der Waals surface area contributed by atoms with Crippen molar-refractivity contribution in [2.24, 2.45) is 0 Å². The van der Waals surface area contributed by atoms with Crippen LogP contribution in [0.1, 0.15) is 17.8 Å². The highest BCUT2D eigenvalue weighted by Gasteiger charge is 2.07. The highest BCUT2D eigenvalue weighted by atomic mass is 16.5. The lowest BCUT2D eigenvalue weighted by atomic mass is 10.2. The molecule has 6 nitrogen and oxygen atoms in total. The van der Waals surface area contributed by atoms with Crippen molar-refractivity contribution in [1.82, 2.24) is 20.2 Å². The van der Waals surface area contributed by atoms with Crippen LogP contribution in [0.4, 0.5) is 0 Å². The molecule has 0 bridgehead atoms. The van der Waals surface area contributed by atoms with E-state index >= 15 is 0 Å². The number of hydrogen-bond acceptors (Lipinski definition) is 4. The molecule has 0 aliphatic carbocycles. The fourth-order valence-electron chi connectivity index (χ4n) is 2.74. The standard InChI is InChI=1S/C21H26N4O2/c1-25(2)12-13-27-17-7-5-6-16(14-17)15-22-21(26)11-10-20-23-18-8-3-4-9-19(18)24-20/h3-9,14H,10-13,15H2,1-2H3,(H,22,26)(H,23,24). The van der Waals surface area contributed by atoms with Gasteiger partial charge in [0.05, 0.1) is 11.0 Å². The van der Waals surface area contributed by atoms with Gasteiger partial charge in [0, 0.05) is 25.9 Å². The second kappa shape index (κ2) is 9.19. The normalized spacial score (nSPS) is 11.1. The van der Waals surface area contributed by atoms with E-state index in [2.05, 4.69) is 20.2 Å². The number of ether oxygens (including phenoxy) is 1. The van der Waals surface area contributed by atoms with E-state index in [-0.39, 0.29) is 5.91 Å². The third-order valence-corrected chi connectivity index (χ3v) is 4.22. The van der Waals surface area contributed by atoms with Gasteiger partial charge in [0.15, 0.2) is 0 Å². The Morgan fingerprint density at radius 1 is 1.19 bits per heavy atom. The van der Waals surface area contributed by atoms with Gasteiger partial charge in [-0.25, -0.2) is 4.98 Å². The number of para-hydroxylation sites is 2. The maximum Gasteiger partial charge on any atom is 0.220 e. The predicted octanol–water partition coefficient (Wildman–Crippen LogP) is 2.75. The third-order valence-electron chi connectivity index (χ3n) is 4.22. The number of aromatic nitrogens is 2. The van der Waals surface area contributed by atoms with Crippen LogP contribution < -0.4 is 10.1 Å². The van der Waals surface area contributed by atoms with E-state index < -0.39 is 0 Å². The number of H-pyrrole nitrogens is 1. The zero-order valence-electron chi connectivity index (χ0n) is 15.9. The number of hydrogen-bond donors (Lipinski definition) is 2. The Bertz CT molecular complexity index is 856. The van der Waals surface area contributed by atoms with Crippen LogP contribution in [-0.2, 0) is 17.8 Å². The number of rotatable bonds is 9. The molecule has 0 unspecified atom stereocenters. The summed E-state index contributed by atoms with van der Waals surface area (Å²) in [5.74, 6) is 1.67. The summed E-state index contributed by atoms with van der Waals surface area (Å²) < 4.78 is 5.73. The smallest absolute Gasteiger partial charge is 0.220 e. The Morgan fingerprint density at radius 3 is 2.85 bits per heavy atom. The molecular formula is C21H26N4O2. The SMILES string of the molecule is CN(C)CCOc1cccc(CNC(=O)CCc2nc3ccccc3[nH]2)c1. The molecule has 0 atom stereocenters. The number of aromatic amines is 1. The number of fused-ring (bicyclic) bond motifs is 1. The maximum absolute atomic E-state index is 12.1. The van der Waals surface area contributed by atoms with Crippen LogP contribution in [-0.4, -0.2) is 48.0 Å². The average Bonchev–Trinajstić information content (AvgIpc) is 3.08. The Morgan fingerprint density at radius 2 is 2.04 bits per heavy atom. The number of carbonyl (C=O) groups is 1. The summed E-state index contributed by atoms with van der Waals surface area (Å²) in [5, 5.41) is 2.96. The number of aryl methyl sites for hydroxylation is 1. The molecule has 0 aliphatic heterocycles. The van der Waals surface area contributed by atoms with Crippen LogP contribution >= 0.6 is 0 Å². The van der Waals surface area contributed by atoms with Crippen LogP contribution in [0, 0.1) is 0 Å². The van der Waals surface area contributed by atoms with Gasteiger partial charge in [-0.2, -0.15) is 0 Å². The molecule has 27 heavy (non-hydrogen) atoms. The number of nitrogens with one attached hydrogen (secondary N) is 2. The molecule has 0 radical (unpaired) electrons. The second-order valence-corrected chi connectivity index (χ2v) is 6.78. The number of nitrogens with zero attached hydrogens (tertiary/aromatic N) is 2. The minimum atomic E-state index is 0.00869. The summed E-state index contributed by atoms with van der Waals surface area (Å²) in [6.45, 7) is 1.99. The van der Waals surface area contributed by atoms with Crippen molar-refractivity contribution in [3.8, 4) is 5.75 Å². The number of amides is 1. The van der Waals surface area contributed by atoms with Crippen LogP contribution in [0.15, 0.2) is 48.5 Å². The summed E-state index contributed by atoms with van der Waals surface area (Å²) in [4.78, 5) is 22.0. The largest absolute Gasteiger partial charge is 0.492 e. The Hall–Kier alpha value is -2.86. The summed E-state index contributed by atoms with van der Waals surface area (Å²) in [7, 11) is 4.03. The minimum absolute atomic E-state index is 0.00869. The van der Waals surface area contributed by atoms with Crippen LogP contribution in [0.2, 0.25) is 0 Å². The Balaban J connectivity index is 1.44. The van der Waals surface area contributed by atoms with E-state index in [9.17, 15) is 4.79 Å². The third kappa shape index (κ3) is 5.82. The van der Waals surface area contributed by atoms with Crippen molar-refractivity contribution in [3.05, 3.63) is 59.9 Å². The van der Waals surface area contributed by atoms with Gasteiger partial charge in [-0.15, -0.1) is 0 Å². The monoisotopic (exact) mass is 366 g/mol. The van der Waals surface area contributed by atoms with Gasteiger partial charge in [-0.3, -0.25) is 4.79 Å². The topological polar surface area (TPSA) is 70.2 Å². The molecule has 1 aromatic heterocycles. The quantitative estimate of drug-likeness (QED) is 0.611. The molecule has 142 valence electrons. The lowest BCUT2D eigenvalue weighted by molar-refractivity contribution is -0.121. The van der Waals surface area contributed by atoms with Gasteiger partial charge in [0.2, 0.25) is 5.91 Å². The van der Waals surface area contributed by atoms with Gasteiger partial charge >= 0.3 is 0 Å². The lowest BCUT2D eigenvalue weighted by Gasteiger charge is -2.12. The summed E-state index contributed by atoms with van der Waals surface area (Å²) in [6, 6.07) is 15.7. The van der Waals surface area contributed by atoms with Crippen molar-refractivity contribution in [3.63, 3.8) is 0 Å². The molecule has 2 N–H and O–H groups in total. The van der Waals surface area contributed by atoms with E-state index in [0.29, 0.717) is 26.0 Å². The van der Waals surface area contributed by atoms with E-state index in [4.69, 9.17) is 4.74 Å². The van der Waals surface area contributed by atoms with Gasteiger partial charge < -0.3 is 19.9 Å². The van der Waals surface area contributed by atoms with Crippen molar-refractivity contribution in [2.45, 2.75) is 19.4 Å². The zero-order chi connectivity index (χ0) is 19.1. The Labute approximate surface area is 159 Å². The lowest BCUT2D eigenvalue weighted by Crippen LogP contribution is -2.23. The zero-order valence-corrected chi connectivity index (χ0v) is 15.9.